The van der Waals surface area contributed by atoms with E-state index in [1.54, 1.807) is 12.1 Å². The van der Waals surface area contributed by atoms with Gasteiger partial charge in [0.25, 0.3) is 0 Å². The van der Waals surface area contributed by atoms with Crippen molar-refractivity contribution in [3.8, 4) is 11.3 Å². The fourth-order valence-corrected chi connectivity index (χ4v) is 1.37. The van der Waals surface area contributed by atoms with E-state index in [0.717, 1.165) is 0 Å². The Bertz CT molecular complexity index is 469. The predicted octanol–water partition coefficient (Wildman–Crippen LogP) is 2.63. The fraction of sp³-hybridized carbons (Fsp3) is 0. The van der Waals surface area contributed by atoms with Gasteiger partial charge in [-0.1, -0.05) is 11.6 Å². The van der Waals surface area contributed by atoms with Crippen molar-refractivity contribution in [1.82, 2.24) is 9.97 Å². The number of nitrogen functional groups attached to an aromatic ring is 1. The van der Waals surface area contributed by atoms with E-state index < -0.39 is 0 Å². The van der Waals surface area contributed by atoms with Gasteiger partial charge in [0.15, 0.2) is 5.22 Å². The molecule has 0 aliphatic heterocycles. The van der Waals surface area contributed by atoms with Crippen LogP contribution in [0.2, 0.25) is 10.4 Å². The van der Waals surface area contributed by atoms with Crippen LogP contribution in [-0.4, -0.2) is 9.97 Å². The van der Waals surface area contributed by atoms with E-state index in [2.05, 4.69) is 9.97 Å². The molecule has 0 bridgehead atoms. The van der Waals surface area contributed by atoms with Crippen molar-refractivity contribution in [1.29, 1.82) is 0 Å². The lowest BCUT2D eigenvalue weighted by Crippen LogP contribution is -1.95. The first-order valence-corrected chi connectivity index (χ1v) is 4.46. The molecule has 72 valence electrons. The highest BCUT2D eigenvalue weighted by Crippen LogP contribution is 2.28. The molecule has 0 radical (unpaired) electrons. The van der Waals surface area contributed by atoms with Gasteiger partial charge in [-0.25, -0.2) is 9.97 Å². The van der Waals surface area contributed by atoms with Crippen LogP contribution in [0.1, 0.15) is 0 Å². The molecule has 0 unspecified atom stereocenters. The van der Waals surface area contributed by atoms with Gasteiger partial charge in [-0.2, -0.15) is 0 Å². The second-order valence-electron chi connectivity index (χ2n) is 2.54. The lowest BCUT2D eigenvalue weighted by molar-refractivity contribution is 0.584. The molecule has 0 amide bonds. The van der Waals surface area contributed by atoms with Gasteiger partial charge in [0.05, 0.1) is 5.56 Å². The van der Waals surface area contributed by atoms with Crippen LogP contribution in [0.15, 0.2) is 22.7 Å². The van der Waals surface area contributed by atoms with E-state index in [0.29, 0.717) is 11.3 Å². The van der Waals surface area contributed by atoms with Gasteiger partial charge in [-0.15, -0.1) is 0 Å². The smallest absolute Gasteiger partial charge is 0.221 e. The first-order chi connectivity index (χ1) is 6.66. The lowest BCUT2D eigenvalue weighted by atomic mass is 10.3. The van der Waals surface area contributed by atoms with Crippen molar-refractivity contribution in [2.75, 3.05) is 5.73 Å². The van der Waals surface area contributed by atoms with E-state index in [-0.39, 0.29) is 16.3 Å². The van der Waals surface area contributed by atoms with Crippen LogP contribution in [0.5, 0.6) is 0 Å². The van der Waals surface area contributed by atoms with E-state index in [1.165, 1.54) is 6.20 Å². The molecule has 0 aliphatic carbocycles. The Labute approximate surface area is 89.7 Å². The van der Waals surface area contributed by atoms with Crippen LogP contribution < -0.4 is 5.73 Å². The minimum Gasteiger partial charge on any atom is -0.445 e. The topological polar surface area (TPSA) is 64.9 Å². The number of nitrogens with zero attached hydrogens (tertiary/aromatic N) is 2. The highest BCUT2D eigenvalue weighted by atomic mass is 35.5. The first-order valence-electron chi connectivity index (χ1n) is 3.70. The standard InChI is InChI=1S/C8H5Cl2N3O/c9-6-2-1-5(14-6)4-3-12-8(11)13-7(4)10/h1-3H,(H2,11,12,13). The van der Waals surface area contributed by atoms with Crippen LogP contribution in [0, 0.1) is 0 Å². The summed E-state index contributed by atoms with van der Waals surface area (Å²) in [4.78, 5) is 7.59. The van der Waals surface area contributed by atoms with Gasteiger partial charge < -0.3 is 10.2 Å². The minimum absolute atomic E-state index is 0.122. The van der Waals surface area contributed by atoms with Crippen LogP contribution in [0.4, 0.5) is 5.95 Å². The summed E-state index contributed by atoms with van der Waals surface area (Å²) >= 11 is 11.5. The monoisotopic (exact) mass is 229 g/mol. The molecule has 0 atom stereocenters. The summed E-state index contributed by atoms with van der Waals surface area (Å²) in [5.41, 5.74) is 5.91. The average Bonchev–Trinajstić information content (AvgIpc) is 2.51. The molecule has 0 saturated carbocycles. The Kier molecular flexibility index (Phi) is 2.31. The fourth-order valence-electron chi connectivity index (χ4n) is 0.998. The predicted molar refractivity (Wildman–Crippen MR) is 54.2 cm³/mol. The van der Waals surface area contributed by atoms with E-state index in [1.807, 2.05) is 0 Å². The molecule has 14 heavy (non-hydrogen) atoms. The normalized spacial score (nSPS) is 10.4. The summed E-state index contributed by atoms with van der Waals surface area (Å²) in [5, 5.41) is 0.524. The zero-order valence-electron chi connectivity index (χ0n) is 6.87. The molecule has 2 aromatic rings. The van der Waals surface area contributed by atoms with Crippen LogP contribution in [0.25, 0.3) is 11.3 Å². The molecule has 0 fully saturated rings. The summed E-state index contributed by atoms with van der Waals surface area (Å²) in [6.45, 7) is 0. The van der Waals surface area contributed by atoms with Crippen molar-refractivity contribution >= 4 is 29.2 Å². The Morgan fingerprint density at radius 3 is 2.64 bits per heavy atom. The summed E-state index contributed by atoms with van der Waals surface area (Å²) in [5.74, 6) is 0.636. The Balaban J connectivity index is 2.52. The molecule has 0 spiro atoms. The van der Waals surface area contributed by atoms with Crippen molar-refractivity contribution in [3.05, 3.63) is 28.7 Å². The second kappa shape index (κ2) is 3.48. The summed E-state index contributed by atoms with van der Waals surface area (Å²) in [6.07, 6.45) is 1.49. The Hall–Kier alpha value is -1.26. The number of hydrogen-bond donors (Lipinski definition) is 1. The van der Waals surface area contributed by atoms with Crippen LogP contribution in [-0.2, 0) is 0 Å². The van der Waals surface area contributed by atoms with E-state index in [9.17, 15) is 0 Å². The third kappa shape index (κ3) is 1.66. The third-order valence-corrected chi connectivity index (χ3v) is 2.09. The first kappa shape index (κ1) is 9.30. The van der Waals surface area contributed by atoms with Gasteiger partial charge in [0.1, 0.15) is 10.9 Å². The number of anilines is 1. The SMILES string of the molecule is Nc1ncc(-c2ccc(Cl)o2)c(Cl)n1. The summed E-state index contributed by atoms with van der Waals surface area (Å²) < 4.78 is 5.15. The highest BCUT2D eigenvalue weighted by Gasteiger charge is 2.09. The molecule has 2 rings (SSSR count). The van der Waals surface area contributed by atoms with Gasteiger partial charge in [-0.3, -0.25) is 0 Å². The van der Waals surface area contributed by atoms with Gasteiger partial charge in [0, 0.05) is 6.20 Å². The summed E-state index contributed by atoms with van der Waals surface area (Å²) in [7, 11) is 0. The van der Waals surface area contributed by atoms with E-state index >= 15 is 0 Å². The lowest BCUT2D eigenvalue weighted by Gasteiger charge is -1.99. The average molecular weight is 230 g/mol. The zero-order chi connectivity index (χ0) is 10.1. The highest BCUT2D eigenvalue weighted by molar-refractivity contribution is 6.32. The molecule has 2 N–H and O–H groups in total. The maximum absolute atomic E-state index is 5.84. The molecule has 6 heteroatoms. The number of halogens is 2. The molecule has 4 nitrogen and oxygen atoms in total. The number of nitrogens with two attached hydrogens (primary N) is 1. The van der Waals surface area contributed by atoms with Gasteiger partial charge in [0.2, 0.25) is 5.95 Å². The molecule has 2 heterocycles. The molecule has 2 aromatic heterocycles. The minimum atomic E-state index is 0.122. The van der Waals surface area contributed by atoms with Crippen molar-refractivity contribution in [3.63, 3.8) is 0 Å². The second-order valence-corrected chi connectivity index (χ2v) is 3.27. The van der Waals surface area contributed by atoms with Crippen LogP contribution >= 0.6 is 23.2 Å². The van der Waals surface area contributed by atoms with Gasteiger partial charge >= 0.3 is 0 Å². The number of hydrogen-bond acceptors (Lipinski definition) is 4. The third-order valence-electron chi connectivity index (χ3n) is 1.60. The van der Waals surface area contributed by atoms with E-state index in [4.69, 9.17) is 33.4 Å². The Morgan fingerprint density at radius 1 is 1.29 bits per heavy atom. The maximum atomic E-state index is 5.84. The quantitative estimate of drug-likeness (QED) is 0.764. The zero-order valence-corrected chi connectivity index (χ0v) is 8.38. The molecular weight excluding hydrogens is 225 g/mol. The number of rotatable bonds is 1. The molecule has 0 saturated heterocycles. The molecule has 0 aromatic carbocycles. The van der Waals surface area contributed by atoms with Gasteiger partial charge in [-0.05, 0) is 23.7 Å². The molecular formula is C8H5Cl2N3O. The largest absolute Gasteiger partial charge is 0.445 e. The number of furan rings is 1. The Morgan fingerprint density at radius 2 is 2.07 bits per heavy atom. The van der Waals surface area contributed by atoms with Crippen molar-refractivity contribution < 1.29 is 4.42 Å². The molecule has 0 aliphatic rings. The van der Waals surface area contributed by atoms with Crippen molar-refractivity contribution in [2.45, 2.75) is 0 Å². The van der Waals surface area contributed by atoms with Crippen LogP contribution in [0.3, 0.4) is 0 Å². The van der Waals surface area contributed by atoms with Crippen molar-refractivity contribution in [2.24, 2.45) is 0 Å². The number of aromatic nitrogens is 2. The summed E-state index contributed by atoms with van der Waals surface area (Å²) in [6, 6.07) is 3.30. The maximum Gasteiger partial charge on any atom is 0.221 e.